The average Bonchev–Trinajstić information content (AvgIpc) is 2.75. The second kappa shape index (κ2) is 7.42. The van der Waals surface area contributed by atoms with Crippen LogP contribution in [0.5, 0.6) is 0 Å². The fourth-order valence-electron chi connectivity index (χ4n) is 3.20. The van der Waals surface area contributed by atoms with Crippen LogP contribution in [0.3, 0.4) is 0 Å². The van der Waals surface area contributed by atoms with E-state index in [2.05, 4.69) is 45.3 Å². The van der Waals surface area contributed by atoms with E-state index in [0.29, 0.717) is 23.1 Å². The summed E-state index contributed by atoms with van der Waals surface area (Å²) in [5.41, 5.74) is 3.80. The summed E-state index contributed by atoms with van der Waals surface area (Å²) in [6.45, 7) is 1.68. The lowest BCUT2D eigenvalue weighted by Gasteiger charge is -2.22. The average molecular weight is 342 g/mol. The van der Waals surface area contributed by atoms with Gasteiger partial charge in [0.15, 0.2) is 11.6 Å². The van der Waals surface area contributed by atoms with Gasteiger partial charge in [-0.15, -0.1) is 0 Å². The third-order valence-corrected chi connectivity index (χ3v) is 4.71. The molecule has 0 saturated carbocycles. The minimum absolute atomic E-state index is 0.574. The van der Waals surface area contributed by atoms with Crippen LogP contribution in [0, 0.1) is 11.3 Å². The molecule has 1 saturated heterocycles. The molecule has 1 aliphatic rings. The van der Waals surface area contributed by atoms with E-state index in [1.807, 2.05) is 12.1 Å². The third-order valence-electron chi connectivity index (χ3n) is 4.71. The maximum atomic E-state index is 8.91. The Bertz CT molecular complexity index is 923. The molecule has 128 valence electrons. The summed E-state index contributed by atoms with van der Waals surface area (Å²) in [6.07, 6.45) is 3.68. The van der Waals surface area contributed by atoms with Gasteiger partial charge in [-0.05, 0) is 48.6 Å². The van der Waals surface area contributed by atoms with E-state index in [1.165, 1.54) is 11.9 Å². The standard InChI is InChI=1S/C21H18N4O/c22-13-15-1-3-18(4-2-15)20-23-14-24-21(25-20)19-7-5-16(6-8-19)17-9-11-26-12-10-17/h1-8,14,17H,9-12H2. The third kappa shape index (κ3) is 3.46. The molecular formula is C21H18N4O. The molecule has 0 atom stereocenters. The van der Waals surface area contributed by atoms with Crippen LogP contribution in [0.25, 0.3) is 22.8 Å². The van der Waals surface area contributed by atoms with Crippen molar-refractivity contribution in [2.24, 2.45) is 0 Å². The summed E-state index contributed by atoms with van der Waals surface area (Å²) in [7, 11) is 0. The molecular weight excluding hydrogens is 324 g/mol. The Morgan fingerprint density at radius 3 is 2.00 bits per heavy atom. The second-order valence-electron chi connectivity index (χ2n) is 6.33. The molecule has 1 aliphatic heterocycles. The SMILES string of the molecule is N#Cc1ccc(-c2ncnc(-c3ccc(C4CCOCC4)cc3)n2)cc1. The molecule has 2 heterocycles. The number of rotatable bonds is 3. The highest BCUT2D eigenvalue weighted by Gasteiger charge is 2.16. The molecule has 0 amide bonds. The summed E-state index contributed by atoms with van der Waals surface area (Å²) in [5.74, 6) is 1.83. The minimum atomic E-state index is 0.574. The molecule has 1 fully saturated rings. The van der Waals surface area contributed by atoms with Crippen molar-refractivity contribution >= 4 is 0 Å². The summed E-state index contributed by atoms with van der Waals surface area (Å²) in [6, 6.07) is 17.8. The van der Waals surface area contributed by atoms with Gasteiger partial charge in [-0.1, -0.05) is 24.3 Å². The van der Waals surface area contributed by atoms with E-state index in [4.69, 9.17) is 10.00 Å². The number of ether oxygens (including phenoxy) is 1. The molecule has 26 heavy (non-hydrogen) atoms. The first kappa shape index (κ1) is 16.4. The predicted octanol–water partition coefficient (Wildman–Crippen LogP) is 3.97. The van der Waals surface area contributed by atoms with Crippen LogP contribution in [0.15, 0.2) is 54.9 Å². The minimum Gasteiger partial charge on any atom is -0.381 e. The first-order valence-corrected chi connectivity index (χ1v) is 8.71. The number of aromatic nitrogens is 3. The van der Waals surface area contributed by atoms with Crippen molar-refractivity contribution in [2.45, 2.75) is 18.8 Å². The van der Waals surface area contributed by atoms with Crippen molar-refractivity contribution in [3.05, 3.63) is 66.0 Å². The van der Waals surface area contributed by atoms with Crippen LogP contribution in [0.4, 0.5) is 0 Å². The molecule has 0 spiro atoms. The fourth-order valence-corrected chi connectivity index (χ4v) is 3.20. The van der Waals surface area contributed by atoms with E-state index in [-0.39, 0.29) is 0 Å². The monoisotopic (exact) mass is 342 g/mol. The number of nitriles is 1. The van der Waals surface area contributed by atoms with Crippen LogP contribution in [0.1, 0.15) is 29.9 Å². The Labute approximate surface area is 152 Å². The Balaban J connectivity index is 1.58. The van der Waals surface area contributed by atoms with Crippen LogP contribution < -0.4 is 0 Å². The number of hydrogen-bond acceptors (Lipinski definition) is 5. The molecule has 5 heteroatoms. The lowest BCUT2D eigenvalue weighted by molar-refractivity contribution is 0.0853. The quantitative estimate of drug-likeness (QED) is 0.720. The van der Waals surface area contributed by atoms with E-state index >= 15 is 0 Å². The van der Waals surface area contributed by atoms with E-state index in [1.54, 1.807) is 12.1 Å². The summed E-state index contributed by atoms with van der Waals surface area (Å²) in [5, 5.41) is 8.91. The molecule has 0 bridgehead atoms. The fraction of sp³-hybridized carbons (Fsp3) is 0.238. The highest BCUT2D eigenvalue weighted by Crippen LogP contribution is 2.28. The molecule has 0 radical (unpaired) electrons. The van der Waals surface area contributed by atoms with Gasteiger partial charge in [0.25, 0.3) is 0 Å². The summed E-state index contributed by atoms with van der Waals surface area (Å²) >= 11 is 0. The highest BCUT2D eigenvalue weighted by molar-refractivity contribution is 5.61. The number of benzene rings is 2. The van der Waals surface area contributed by atoms with Gasteiger partial charge in [0, 0.05) is 24.3 Å². The van der Waals surface area contributed by atoms with Crippen molar-refractivity contribution in [1.29, 1.82) is 5.26 Å². The number of nitrogens with zero attached hydrogens (tertiary/aromatic N) is 4. The van der Waals surface area contributed by atoms with Gasteiger partial charge in [0.05, 0.1) is 11.6 Å². The predicted molar refractivity (Wildman–Crippen MR) is 98.2 cm³/mol. The molecule has 5 nitrogen and oxygen atoms in total. The van der Waals surface area contributed by atoms with Crippen molar-refractivity contribution in [3.8, 4) is 28.8 Å². The van der Waals surface area contributed by atoms with Gasteiger partial charge in [0.1, 0.15) is 6.33 Å². The van der Waals surface area contributed by atoms with Gasteiger partial charge in [-0.3, -0.25) is 0 Å². The summed E-state index contributed by atoms with van der Waals surface area (Å²) in [4.78, 5) is 13.2. The van der Waals surface area contributed by atoms with Crippen LogP contribution in [-0.2, 0) is 4.74 Å². The van der Waals surface area contributed by atoms with Gasteiger partial charge in [-0.25, -0.2) is 15.0 Å². The van der Waals surface area contributed by atoms with Crippen LogP contribution in [-0.4, -0.2) is 28.2 Å². The number of hydrogen-bond donors (Lipinski definition) is 0. The van der Waals surface area contributed by atoms with Gasteiger partial charge in [-0.2, -0.15) is 5.26 Å². The first-order chi connectivity index (χ1) is 12.8. The van der Waals surface area contributed by atoms with Gasteiger partial charge in [0.2, 0.25) is 0 Å². The topological polar surface area (TPSA) is 71.7 Å². The zero-order valence-corrected chi connectivity index (χ0v) is 14.3. The molecule has 0 unspecified atom stereocenters. The van der Waals surface area contributed by atoms with Crippen LogP contribution >= 0.6 is 0 Å². The molecule has 0 N–H and O–H groups in total. The highest BCUT2D eigenvalue weighted by atomic mass is 16.5. The Morgan fingerprint density at radius 2 is 1.42 bits per heavy atom. The van der Waals surface area contributed by atoms with Crippen molar-refractivity contribution < 1.29 is 4.74 Å². The maximum Gasteiger partial charge on any atom is 0.163 e. The summed E-state index contributed by atoms with van der Waals surface area (Å²) < 4.78 is 5.44. The maximum absolute atomic E-state index is 8.91. The van der Waals surface area contributed by atoms with Crippen LogP contribution in [0.2, 0.25) is 0 Å². The van der Waals surface area contributed by atoms with E-state index in [0.717, 1.165) is 37.2 Å². The van der Waals surface area contributed by atoms with Gasteiger partial charge >= 0.3 is 0 Å². The molecule has 2 aromatic carbocycles. The van der Waals surface area contributed by atoms with Gasteiger partial charge < -0.3 is 4.74 Å². The zero-order valence-electron chi connectivity index (χ0n) is 14.3. The largest absolute Gasteiger partial charge is 0.381 e. The smallest absolute Gasteiger partial charge is 0.163 e. The molecule has 1 aromatic heterocycles. The zero-order chi connectivity index (χ0) is 17.8. The Hall–Kier alpha value is -3.10. The second-order valence-corrected chi connectivity index (χ2v) is 6.33. The first-order valence-electron chi connectivity index (χ1n) is 8.71. The lowest BCUT2D eigenvalue weighted by Crippen LogP contribution is -2.13. The lowest BCUT2D eigenvalue weighted by atomic mass is 9.91. The Morgan fingerprint density at radius 1 is 0.846 bits per heavy atom. The van der Waals surface area contributed by atoms with Crippen molar-refractivity contribution in [2.75, 3.05) is 13.2 Å². The molecule has 3 aromatic rings. The van der Waals surface area contributed by atoms with Crippen molar-refractivity contribution in [1.82, 2.24) is 15.0 Å². The normalized spacial score (nSPS) is 14.7. The Kier molecular flexibility index (Phi) is 4.67. The van der Waals surface area contributed by atoms with E-state index < -0.39 is 0 Å². The van der Waals surface area contributed by atoms with E-state index in [9.17, 15) is 0 Å². The molecule has 0 aliphatic carbocycles. The molecule has 4 rings (SSSR count). The van der Waals surface area contributed by atoms with Crippen molar-refractivity contribution in [3.63, 3.8) is 0 Å².